The van der Waals surface area contributed by atoms with E-state index >= 15 is 0 Å². The number of benzene rings is 2. The van der Waals surface area contributed by atoms with Gasteiger partial charge in [-0.3, -0.25) is 0 Å². The van der Waals surface area contributed by atoms with Crippen molar-refractivity contribution in [2.75, 3.05) is 0 Å². The van der Waals surface area contributed by atoms with Gasteiger partial charge in [-0.1, -0.05) is 6.07 Å². The number of halogens is 3. The van der Waals surface area contributed by atoms with Crippen LogP contribution < -0.4 is 4.74 Å². The van der Waals surface area contributed by atoms with Gasteiger partial charge in [0, 0.05) is 12.0 Å². The van der Waals surface area contributed by atoms with E-state index in [0.29, 0.717) is 22.2 Å². The van der Waals surface area contributed by atoms with Crippen LogP contribution in [-0.2, 0) is 0 Å². The van der Waals surface area contributed by atoms with Gasteiger partial charge in [0.15, 0.2) is 0 Å². The lowest BCUT2D eigenvalue weighted by Crippen LogP contribution is -2.19. The number of fused-ring (bicyclic) bond motifs is 1. The van der Waals surface area contributed by atoms with Gasteiger partial charge in [0.1, 0.15) is 23.5 Å². The molecule has 104 valence electrons. The molecular formula is C15H11BrF2O2. The normalized spacial score (nSPS) is 21.2. The summed E-state index contributed by atoms with van der Waals surface area (Å²) < 4.78 is 32.5. The molecular weight excluding hydrogens is 330 g/mol. The molecule has 2 aromatic rings. The summed E-state index contributed by atoms with van der Waals surface area (Å²) in [4.78, 5) is 0. The number of hydrogen-bond acceptors (Lipinski definition) is 2. The van der Waals surface area contributed by atoms with E-state index in [1.165, 1.54) is 24.3 Å². The minimum absolute atomic E-state index is 0.300. The molecule has 2 atom stereocenters. The van der Waals surface area contributed by atoms with E-state index in [1.807, 2.05) is 0 Å². The van der Waals surface area contributed by atoms with Crippen molar-refractivity contribution in [3.05, 3.63) is 63.6 Å². The maximum atomic E-state index is 13.2. The van der Waals surface area contributed by atoms with Crippen molar-refractivity contribution in [3.8, 4) is 5.75 Å². The smallest absolute Gasteiger partial charge is 0.137 e. The van der Waals surface area contributed by atoms with Crippen LogP contribution >= 0.6 is 15.9 Å². The fourth-order valence-electron chi connectivity index (χ4n) is 2.33. The third-order valence-corrected chi connectivity index (χ3v) is 3.96. The molecule has 2 aromatic carbocycles. The Kier molecular flexibility index (Phi) is 3.48. The van der Waals surface area contributed by atoms with Crippen LogP contribution in [0.1, 0.15) is 29.8 Å². The predicted octanol–water partition coefficient (Wildman–Crippen LogP) is 4.28. The van der Waals surface area contributed by atoms with E-state index in [4.69, 9.17) is 4.74 Å². The van der Waals surface area contributed by atoms with Crippen LogP contribution in [0.25, 0.3) is 0 Å². The zero-order chi connectivity index (χ0) is 14.3. The molecule has 1 heterocycles. The second-order valence-electron chi connectivity index (χ2n) is 4.71. The zero-order valence-corrected chi connectivity index (χ0v) is 11.9. The highest BCUT2D eigenvalue weighted by atomic mass is 79.9. The highest BCUT2D eigenvalue weighted by Gasteiger charge is 2.28. The van der Waals surface area contributed by atoms with Gasteiger partial charge in [0.25, 0.3) is 0 Å². The summed E-state index contributed by atoms with van der Waals surface area (Å²) in [6, 6.07) is 8.65. The van der Waals surface area contributed by atoms with E-state index < -0.39 is 11.9 Å². The Morgan fingerprint density at radius 1 is 1.15 bits per heavy atom. The van der Waals surface area contributed by atoms with Crippen LogP contribution in [0.2, 0.25) is 0 Å². The standard InChI is InChI=1S/C15H11BrF2O2/c16-11-5-8(1-3-12(11)18)15-7-13(19)10-6-9(17)2-4-14(10)20-15/h1-6,13,15,19H,7H2. The highest BCUT2D eigenvalue weighted by Crippen LogP contribution is 2.41. The predicted molar refractivity (Wildman–Crippen MR) is 73.4 cm³/mol. The molecule has 0 aliphatic carbocycles. The van der Waals surface area contributed by atoms with Crippen LogP contribution in [0, 0.1) is 11.6 Å². The summed E-state index contributed by atoms with van der Waals surface area (Å²) in [7, 11) is 0. The Morgan fingerprint density at radius 3 is 2.70 bits per heavy atom. The first-order valence-electron chi connectivity index (χ1n) is 6.13. The average Bonchev–Trinajstić information content (AvgIpc) is 2.42. The van der Waals surface area contributed by atoms with Crippen LogP contribution in [0.5, 0.6) is 5.75 Å². The molecule has 1 N–H and O–H groups in total. The molecule has 0 saturated carbocycles. The fraction of sp³-hybridized carbons (Fsp3) is 0.200. The summed E-state index contributed by atoms with van der Waals surface area (Å²) in [5, 5.41) is 10.1. The number of ether oxygens (including phenoxy) is 1. The van der Waals surface area contributed by atoms with Crippen molar-refractivity contribution in [1.29, 1.82) is 0 Å². The first-order chi connectivity index (χ1) is 9.54. The molecule has 5 heteroatoms. The van der Waals surface area contributed by atoms with Gasteiger partial charge in [-0.15, -0.1) is 0 Å². The molecule has 20 heavy (non-hydrogen) atoms. The van der Waals surface area contributed by atoms with Crippen molar-refractivity contribution in [2.45, 2.75) is 18.6 Å². The lowest BCUT2D eigenvalue weighted by Gasteiger charge is -2.30. The van der Waals surface area contributed by atoms with Gasteiger partial charge in [0.05, 0.1) is 10.6 Å². The average molecular weight is 341 g/mol. The second kappa shape index (κ2) is 5.14. The largest absolute Gasteiger partial charge is 0.485 e. The van der Waals surface area contributed by atoms with Crippen LogP contribution in [0.3, 0.4) is 0 Å². The van der Waals surface area contributed by atoms with Crippen molar-refractivity contribution >= 4 is 15.9 Å². The van der Waals surface area contributed by atoms with Gasteiger partial charge < -0.3 is 9.84 Å². The number of rotatable bonds is 1. The molecule has 0 amide bonds. The van der Waals surface area contributed by atoms with E-state index in [1.54, 1.807) is 12.1 Å². The van der Waals surface area contributed by atoms with Gasteiger partial charge in [-0.2, -0.15) is 0 Å². The fourth-order valence-corrected chi connectivity index (χ4v) is 2.73. The van der Waals surface area contributed by atoms with E-state index in [9.17, 15) is 13.9 Å². The molecule has 0 saturated heterocycles. The van der Waals surface area contributed by atoms with Crippen molar-refractivity contribution in [1.82, 2.24) is 0 Å². The van der Waals surface area contributed by atoms with Crippen LogP contribution in [-0.4, -0.2) is 5.11 Å². The third kappa shape index (κ3) is 2.43. The number of hydrogen-bond donors (Lipinski definition) is 1. The maximum absolute atomic E-state index is 13.2. The van der Waals surface area contributed by atoms with Crippen LogP contribution in [0.4, 0.5) is 8.78 Å². The minimum Gasteiger partial charge on any atom is -0.485 e. The maximum Gasteiger partial charge on any atom is 0.137 e. The first-order valence-corrected chi connectivity index (χ1v) is 6.93. The van der Waals surface area contributed by atoms with Crippen molar-refractivity contribution < 1.29 is 18.6 Å². The number of aliphatic hydroxyl groups is 1. The molecule has 2 nitrogen and oxygen atoms in total. The van der Waals surface area contributed by atoms with Crippen molar-refractivity contribution in [3.63, 3.8) is 0 Å². The van der Waals surface area contributed by atoms with Gasteiger partial charge in [-0.25, -0.2) is 8.78 Å². The molecule has 1 aliphatic rings. The molecule has 0 radical (unpaired) electrons. The summed E-state index contributed by atoms with van der Waals surface area (Å²) in [5.74, 6) is -0.308. The monoisotopic (exact) mass is 340 g/mol. The second-order valence-corrected chi connectivity index (χ2v) is 5.57. The molecule has 0 bridgehead atoms. The van der Waals surface area contributed by atoms with Crippen LogP contribution in [0.15, 0.2) is 40.9 Å². The Bertz CT molecular complexity index is 660. The molecule has 0 aromatic heterocycles. The zero-order valence-electron chi connectivity index (χ0n) is 10.3. The number of aliphatic hydroxyl groups excluding tert-OH is 1. The Labute approximate surface area is 123 Å². The summed E-state index contributed by atoms with van der Waals surface area (Å²) in [5.41, 5.74) is 1.20. The van der Waals surface area contributed by atoms with Gasteiger partial charge >= 0.3 is 0 Å². The highest BCUT2D eigenvalue weighted by molar-refractivity contribution is 9.10. The topological polar surface area (TPSA) is 29.5 Å². The summed E-state index contributed by atoms with van der Waals surface area (Å²) >= 11 is 3.13. The lowest BCUT2D eigenvalue weighted by atomic mass is 9.95. The Morgan fingerprint density at radius 2 is 1.95 bits per heavy atom. The van der Waals surface area contributed by atoms with Crippen molar-refractivity contribution in [2.24, 2.45) is 0 Å². The first kappa shape index (κ1) is 13.5. The quantitative estimate of drug-likeness (QED) is 0.839. The van der Waals surface area contributed by atoms with E-state index in [2.05, 4.69) is 15.9 Å². The third-order valence-electron chi connectivity index (χ3n) is 3.35. The van der Waals surface area contributed by atoms with E-state index in [0.717, 1.165) is 5.56 Å². The molecule has 1 aliphatic heterocycles. The van der Waals surface area contributed by atoms with Gasteiger partial charge in [0.2, 0.25) is 0 Å². The molecule has 0 spiro atoms. The van der Waals surface area contributed by atoms with Gasteiger partial charge in [-0.05, 0) is 51.8 Å². The summed E-state index contributed by atoms with van der Waals surface area (Å²) in [6.07, 6.45) is -0.891. The summed E-state index contributed by atoms with van der Waals surface area (Å²) in [6.45, 7) is 0. The molecule has 2 unspecified atom stereocenters. The lowest BCUT2D eigenvalue weighted by molar-refractivity contribution is 0.0653. The Hall–Kier alpha value is -1.46. The van der Waals surface area contributed by atoms with E-state index in [-0.39, 0.29) is 11.9 Å². The molecule has 3 rings (SSSR count). The molecule has 0 fully saturated rings. The minimum atomic E-state index is -0.803. The Balaban J connectivity index is 1.94. The SMILES string of the molecule is OC1CC(c2ccc(F)c(Br)c2)Oc2ccc(F)cc21.